The number of hydrogen-bond donors (Lipinski definition) is 2. The second-order valence-corrected chi connectivity index (χ2v) is 15.2. The minimum atomic E-state index is -0.533. The minimum absolute atomic E-state index is 0. The van der Waals surface area contributed by atoms with Crippen LogP contribution in [0.25, 0.3) is 0 Å². The molecule has 57 heavy (non-hydrogen) atoms. The Morgan fingerprint density at radius 3 is 1.75 bits per heavy atom. The number of fused-ring (bicyclic) bond motifs is 2. The molecule has 4 aliphatic rings. The lowest BCUT2D eigenvalue weighted by atomic mass is 9.80. The van der Waals surface area contributed by atoms with Crippen molar-refractivity contribution in [1.29, 1.82) is 0 Å². The van der Waals surface area contributed by atoms with Crippen molar-refractivity contribution in [3.63, 3.8) is 0 Å². The van der Waals surface area contributed by atoms with Crippen molar-refractivity contribution in [3.8, 4) is 0 Å². The summed E-state index contributed by atoms with van der Waals surface area (Å²) < 4.78 is 20.2. The lowest BCUT2D eigenvalue weighted by Gasteiger charge is -2.40. The van der Waals surface area contributed by atoms with E-state index in [1.807, 2.05) is 55.1 Å². The Balaban J connectivity index is 0.000000242. The summed E-state index contributed by atoms with van der Waals surface area (Å²) in [6, 6.07) is 15.8. The molecule has 0 radical (unpaired) electrons. The quantitative estimate of drug-likeness (QED) is 0.167. The first kappa shape index (κ1) is 41.0. The SMILES string of the molecule is CC.CC(=O)N1CC2CCC(C1)C2c1ccc(NC(=O)OCc2cnco2)cc1.CC(=O)N1CCC(Cc2ccc(NC(=O)OCc3cnco3)cc2)CC12CC2.[HH].[HH]. The van der Waals surface area contributed by atoms with Crippen LogP contribution in [0.1, 0.15) is 97.6 Å². The van der Waals surface area contributed by atoms with Crippen molar-refractivity contribution in [2.75, 3.05) is 30.3 Å². The summed E-state index contributed by atoms with van der Waals surface area (Å²) in [4.78, 5) is 58.9. The maximum atomic E-state index is 11.9. The van der Waals surface area contributed by atoms with Crippen LogP contribution in [0.2, 0.25) is 0 Å². The van der Waals surface area contributed by atoms with E-state index in [1.165, 1.54) is 49.1 Å². The molecule has 2 N–H and O–H groups in total. The predicted octanol–water partition coefficient (Wildman–Crippen LogP) is 8.67. The van der Waals surface area contributed by atoms with Crippen LogP contribution in [0.15, 0.2) is 82.5 Å². The Kier molecular flexibility index (Phi) is 13.7. The number of aromatic nitrogens is 2. The molecule has 2 aromatic carbocycles. The summed E-state index contributed by atoms with van der Waals surface area (Å²) in [6.07, 6.45) is 12.3. The fourth-order valence-corrected chi connectivity index (χ4v) is 8.66. The van der Waals surface area contributed by atoms with Gasteiger partial charge in [-0.15, -0.1) is 0 Å². The van der Waals surface area contributed by atoms with E-state index in [2.05, 4.69) is 37.6 Å². The van der Waals surface area contributed by atoms with E-state index in [9.17, 15) is 19.2 Å². The fraction of sp³-hybridized carbons (Fsp3) is 0.488. The minimum Gasteiger partial charge on any atom is -0.445 e. The number of oxazole rings is 2. The number of nitrogens with zero attached hydrogens (tertiary/aromatic N) is 4. The smallest absolute Gasteiger partial charge is 0.412 e. The van der Waals surface area contributed by atoms with Crippen LogP contribution in [-0.4, -0.2) is 68.9 Å². The van der Waals surface area contributed by atoms with Gasteiger partial charge in [-0.2, -0.15) is 0 Å². The fourth-order valence-electron chi connectivity index (χ4n) is 8.66. The highest BCUT2D eigenvalue weighted by Crippen LogP contribution is 2.51. The molecule has 2 bridgehead atoms. The van der Waals surface area contributed by atoms with Crippen LogP contribution < -0.4 is 10.6 Å². The van der Waals surface area contributed by atoms with Gasteiger partial charge < -0.3 is 28.1 Å². The number of anilines is 2. The highest BCUT2D eigenvalue weighted by molar-refractivity contribution is 5.85. The standard InChI is InChI=1S/C21H25N3O4.C20H23N3O4.C2H6.2H2/c1-15(25)24-9-6-17(11-21(24)7-8-21)10-16-2-4-18(5-3-16)23-20(26)27-13-19-12-22-14-28-19;1-13(24)23-9-15-2-3-16(10-23)19(15)14-4-6-17(7-5-14)22-20(25)26-11-18-8-21-12-27-18;1-2;;/h2-5,12,14,17H,6-11,13H2,1H3,(H,23,26);4-8,12,15-16,19H,2-3,9-11H2,1H3,(H,22,25);1-2H3;2*1H. The number of rotatable bonds is 9. The zero-order valence-corrected chi connectivity index (χ0v) is 33.3. The molecule has 3 unspecified atom stereocenters. The molecule has 2 saturated carbocycles. The lowest BCUT2D eigenvalue weighted by Crippen LogP contribution is -2.47. The van der Waals surface area contributed by atoms with E-state index < -0.39 is 12.2 Å². The maximum Gasteiger partial charge on any atom is 0.412 e. The molecule has 2 aliphatic heterocycles. The van der Waals surface area contributed by atoms with Crippen molar-refractivity contribution in [1.82, 2.24) is 19.8 Å². The van der Waals surface area contributed by atoms with Crippen molar-refractivity contribution in [2.45, 2.75) is 97.3 Å². The third-order valence-electron chi connectivity index (χ3n) is 11.4. The van der Waals surface area contributed by atoms with E-state index >= 15 is 0 Å². The summed E-state index contributed by atoms with van der Waals surface area (Å²) in [7, 11) is 0. The maximum absolute atomic E-state index is 11.9. The Labute approximate surface area is 336 Å². The predicted molar refractivity (Wildman–Crippen MR) is 216 cm³/mol. The molecule has 1 spiro atoms. The van der Waals surface area contributed by atoms with E-state index in [0.717, 1.165) is 51.7 Å². The zero-order valence-electron chi connectivity index (χ0n) is 33.3. The van der Waals surface area contributed by atoms with Gasteiger partial charge in [-0.05, 0) is 104 Å². The number of ether oxygens (including phenoxy) is 2. The first-order valence-electron chi connectivity index (χ1n) is 20.0. The Morgan fingerprint density at radius 2 is 1.30 bits per heavy atom. The summed E-state index contributed by atoms with van der Waals surface area (Å²) in [5, 5.41) is 5.43. The third-order valence-corrected chi connectivity index (χ3v) is 11.4. The summed E-state index contributed by atoms with van der Waals surface area (Å²) >= 11 is 0. The molecular weight excluding hydrogens is 729 g/mol. The zero-order chi connectivity index (χ0) is 40.4. The van der Waals surface area contributed by atoms with Crippen LogP contribution in [-0.2, 0) is 38.7 Å². The average Bonchev–Trinajstić information content (AvgIpc) is 3.56. The van der Waals surface area contributed by atoms with Gasteiger partial charge in [0, 0.05) is 53.2 Å². The Bertz CT molecular complexity index is 1910. The molecule has 8 rings (SSSR count). The summed E-state index contributed by atoms with van der Waals surface area (Å²) in [5.74, 6) is 3.52. The number of benzene rings is 2. The van der Waals surface area contributed by atoms with Crippen LogP contribution in [0, 0.1) is 17.8 Å². The Hall–Kier alpha value is -5.66. The van der Waals surface area contributed by atoms with E-state index in [-0.39, 0.29) is 33.4 Å². The number of nitrogens with one attached hydrogen (secondary N) is 2. The highest BCUT2D eigenvalue weighted by Gasteiger charge is 2.52. The third kappa shape index (κ3) is 10.8. The van der Waals surface area contributed by atoms with Crippen molar-refractivity contribution < 1.29 is 40.3 Å². The second kappa shape index (κ2) is 19.0. The van der Waals surface area contributed by atoms with Gasteiger partial charge in [0.15, 0.2) is 37.5 Å². The molecular formula is C43H58N6O8. The van der Waals surface area contributed by atoms with Gasteiger partial charge in [0.2, 0.25) is 11.8 Å². The molecule has 14 heteroatoms. The molecule has 14 nitrogen and oxygen atoms in total. The first-order valence-corrected chi connectivity index (χ1v) is 20.0. The van der Waals surface area contributed by atoms with E-state index in [0.29, 0.717) is 46.6 Å². The molecule has 4 fully saturated rings. The van der Waals surface area contributed by atoms with E-state index in [1.54, 1.807) is 13.8 Å². The largest absolute Gasteiger partial charge is 0.445 e. The van der Waals surface area contributed by atoms with E-state index in [4.69, 9.17) is 18.3 Å². The highest BCUT2D eigenvalue weighted by atomic mass is 16.6. The van der Waals surface area contributed by atoms with Gasteiger partial charge in [0.25, 0.3) is 0 Å². The lowest BCUT2D eigenvalue weighted by molar-refractivity contribution is -0.134. The molecule has 2 aliphatic carbocycles. The summed E-state index contributed by atoms with van der Waals surface area (Å²) in [6.45, 7) is 10.0. The number of piperidine rings is 2. The van der Waals surface area contributed by atoms with Crippen LogP contribution in [0.5, 0.6) is 0 Å². The Morgan fingerprint density at radius 1 is 0.772 bits per heavy atom. The second-order valence-electron chi connectivity index (χ2n) is 15.2. The normalized spacial score (nSPS) is 21.3. The number of carbonyl (C=O) groups excluding carboxylic acids is 4. The number of likely N-dealkylation sites (tertiary alicyclic amines) is 2. The van der Waals surface area contributed by atoms with Crippen molar-refractivity contribution in [2.24, 2.45) is 17.8 Å². The topological polar surface area (TPSA) is 169 Å². The van der Waals surface area contributed by atoms with Gasteiger partial charge in [-0.25, -0.2) is 19.6 Å². The molecule has 4 amide bonds. The van der Waals surface area contributed by atoms with Crippen molar-refractivity contribution in [3.05, 3.63) is 96.4 Å². The molecule has 4 heterocycles. The van der Waals surface area contributed by atoms with Gasteiger partial charge in [0.05, 0.1) is 12.4 Å². The van der Waals surface area contributed by atoms with Crippen LogP contribution >= 0.6 is 0 Å². The van der Waals surface area contributed by atoms with Crippen LogP contribution in [0.3, 0.4) is 0 Å². The first-order chi connectivity index (χ1) is 27.6. The van der Waals surface area contributed by atoms with Crippen LogP contribution in [0.4, 0.5) is 21.0 Å². The van der Waals surface area contributed by atoms with Crippen molar-refractivity contribution >= 4 is 35.4 Å². The monoisotopic (exact) mass is 786 g/mol. The average molecular weight is 787 g/mol. The van der Waals surface area contributed by atoms with Gasteiger partial charge in [0.1, 0.15) is 0 Å². The molecule has 4 aromatic rings. The number of carbonyl (C=O) groups is 4. The number of hydrogen-bond acceptors (Lipinski definition) is 10. The van der Waals surface area contributed by atoms with Gasteiger partial charge in [-0.3, -0.25) is 20.2 Å². The summed E-state index contributed by atoms with van der Waals surface area (Å²) in [5.41, 5.74) is 4.05. The molecule has 3 atom stereocenters. The van der Waals surface area contributed by atoms with Gasteiger partial charge in [-0.1, -0.05) is 38.1 Å². The molecule has 2 saturated heterocycles. The molecule has 2 aromatic heterocycles. The van der Waals surface area contributed by atoms with Gasteiger partial charge >= 0.3 is 12.2 Å². The molecule has 308 valence electrons. The number of amides is 4.